The van der Waals surface area contributed by atoms with Gasteiger partial charge in [-0.15, -0.1) is 11.8 Å². The third-order valence-electron chi connectivity index (χ3n) is 3.50. The van der Waals surface area contributed by atoms with Crippen LogP contribution in [0.3, 0.4) is 0 Å². The van der Waals surface area contributed by atoms with Gasteiger partial charge in [-0.1, -0.05) is 36.4 Å². The molecule has 0 radical (unpaired) electrons. The van der Waals surface area contributed by atoms with E-state index in [2.05, 4.69) is 36.4 Å². The summed E-state index contributed by atoms with van der Waals surface area (Å²) in [4.78, 5) is 1.33. The minimum absolute atomic E-state index is 0.0568. The lowest BCUT2D eigenvalue weighted by Crippen LogP contribution is -2.11. The maximum atomic E-state index is 7.21. The van der Waals surface area contributed by atoms with Gasteiger partial charge in [0.25, 0.3) is 0 Å². The largest absolute Gasteiger partial charge is 0.324 e. The summed E-state index contributed by atoms with van der Waals surface area (Å²) in [7, 11) is 0. The zero-order valence-corrected chi connectivity index (χ0v) is 10.9. The van der Waals surface area contributed by atoms with E-state index in [0.29, 0.717) is 11.7 Å². The van der Waals surface area contributed by atoms with E-state index >= 15 is 0 Å². The van der Waals surface area contributed by atoms with Crippen LogP contribution in [0.4, 0.5) is 0 Å². The molecule has 0 bridgehead atoms. The molecule has 0 amide bonds. The molecule has 92 valence electrons. The van der Waals surface area contributed by atoms with E-state index in [9.17, 15) is 0 Å². The van der Waals surface area contributed by atoms with Gasteiger partial charge >= 0.3 is 0 Å². The number of nitrogens with two attached hydrogens (primary N) is 1. The van der Waals surface area contributed by atoms with Crippen molar-refractivity contribution in [1.82, 2.24) is 0 Å². The Morgan fingerprint density at radius 2 is 2.39 bits per heavy atom. The number of benzene rings is 1. The van der Waals surface area contributed by atoms with E-state index in [1.54, 1.807) is 0 Å². The second-order valence-electron chi connectivity index (χ2n) is 4.66. The van der Waals surface area contributed by atoms with Crippen LogP contribution in [0.15, 0.2) is 41.3 Å². The third-order valence-corrected chi connectivity index (χ3v) is 4.92. The fourth-order valence-electron chi connectivity index (χ4n) is 2.58. The number of allylic oxidation sites excluding steroid dienone is 3. The summed E-state index contributed by atoms with van der Waals surface area (Å²) in [6, 6.07) is 6.32. The quantitative estimate of drug-likeness (QED) is 0.813. The Kier molecular flexibility index (Phi) is 3.10. The van der Waals surface area contributed by atoms with Gasteiger partial charge in [0.15, 0.2) is 0 Å². The first-order chi connectivity index (χ1) is 8.81. The summed E-state index contributed by atoms with van der Waals surface area (Å²) in [5.41, 5.74) is 10.1. The standard InChI is InChI=1S/C15H16N2S/c16-9-8-13(17)12-6-3-5-11-10-4-1-2-7-14(10)18-15(11)12/h1-6,9,13-14,16H,7-8,17H2. The fourth-order valence-corrected chi connectivity index (χ4v) is 4.08. The lowest BCUT2D eigenvalue weighted by molar-refractivity contribution is 0.751. The highest BCUT2D eigenvalue weighted by Crippen LogP contribution is 2.50. The van der Waals surface area contributed by atoms with Crippen LogP contribution < -0.4 is 5.73 Å². The third kappa shape index (κ3) is 1.84. The first-order valence-corrected chi connectivity index (χ1v) is 7.10. The van der Waals surface area contributed by atoms with E-state index in [1.807, 2.05) is 11.8 Å². The monoisotopic (exact) mass is 256 g/mol. The Morgan fingerprint density at radius 1 is 1.50 bits per heavy atom. The summed E-state index contributed by atoms with van der Waals surface area (Å²) in [5, 5.41) is 7.76. The van der Waals surface area contributed by atoms with Crippen molar-refractivity contribution in [2.45, 2.75) is 29.0 Å². The predicted molar refractivity (Wildman–Crippen MR) is 78.2 cm³/mol. The van der Waals surface area contributed by atoms with Crippen molar-refractivity contribution in [3.63, 3.8) is 0 Å². The van der Waals surface area contributed by atoms with Crippen LogP contribution in [0.2, 0.25) is 0 Å². The van der Waals surface area contributed by atoms with Crippen molar-refractivity contribution < 1.29 is 0 Å². The van der Waals surface area contributed by atoms with Gasteiger partial charge in [-0.05, 0) is 29.3 Å². The second kappa shape index (κ2) is 4.75. The number of thioether (sulfide) groups is 1. The molecule has 1 aromatic carbocycles. The predicted octanol–water partition coefficient (Wildman–Crippen LogP) is 3.54. The molecule has 1 aromatic rings. The van der Waals surface area contributed by atoms with Crippen LogP contribution in [0, 0.1) is 5.41 Å². The van der Waals surface area contributed by atoms with Crippen molar-refractivity contribution in [2.24, 2.45) is 5.73 Å². The van der Waals surface area contributed by atoms with Gasteiger partial charge in [0, 0.05) is 22.6 Å². The van der Waals surface area contributed by atoms with Gasteiger partial charge in [0.1, 0.15) is 0 Å². The number of fused-ring (bicyclic) bond motifs is 3. The number of rotatable bonds is 3. The molecule has 2 aliphatic rings. The molecule has 0 saturated heterocycles. The van der Waals surface area contributed by atoms with Gasteiger partial charge in [-0.3, -0.25) is 0 Å². The van der Waals surface area contributed by atoms with Gasteiger partial charge in [-0.2, -0.15) is 0 Å². The van der Waals surface area contributed by atoms with E-state index < -0.39 is 0 Å². The first-order valence-electron chi connectivity index (χ1n) is 6.22. The van der Waals surface area contributed by atoms with Gasteiger partial charge in [0.05, 0.1) is 0 Å². The molecule has 2 nitrogen and oxygen atoms in total. The summed E-state index contributed by atoms with van der Waals surface area (Å²) in [6.45, 7) is 0. The van der Waals surface area contributed by atoms with Crippen LogP contribution in [-0.4, -0.2) is 11.5 Å². The Bertz CT molecular complexity index is 545. The summed E-state index contributed by atoms with van der Waals surface area (Å²) in [6.07, 6.45) is 9.70. The summed E-state index contributed by atoms with van der Waals surface area (Å²) >= 11 is 1.93. The highest BCUT2D eigenvalue weighted by atomic mass is 32.2. The smallest absolute Gasteiger partial charge is 0.0385 e. The zero-order valence-electron chi connectivity index (χ0n) is 10.1. The van der Waals surface area contributed by atoms with Crippen LogP contribution in [0.1, 0.15) is 30.0 Å². The molecule has 0 fully saturated rings. The molecular formula is C15H16N2S. The Hall–Kier alpha value is -1.32. The molecule has 1 aliphatic heterocycles. The molecule has 0 spiro atoms. The first kappa shape index (κ1) is 11.8. The maximum absolute atomic E-state index is 7.21. The fraction of sp³-hybridized carbons (Fsp3) is 0.267. The summed E-state index contributed by atoms with van der Waals surface area (Å²) in [5.74, 6) is 0. The van der Waals surface area contributed by atoms with E-state index in [4.69, 9.17) is 11.1 Å². The van der Waals surface area contributed by atoms with Crippen molar-refractivity contribution in [3.8, 4) is 0 Å². The summed E-state index contributed by atoms with van der Waals surface area (Å²) < 4.78 is 0. The van der Waals surface area contributed by atoms with Crippen molar-refractivity contribution in [2.75, 3.05) is 0 Å². The molecule has 1 aliphatic carbocycles. The highest BCUT2D eigenvalue weighted by Gasteiger charge is 2.30. The topological polar surface area (TPSA) is 49.9 Å². The number of hydrogen-bond acceptors (Lipinski definition) is 3. The van der Waals surface area contributed by atoms with E-state index in [1.165, 1.54) is 27.8 Å². The average Bonchev–Trinajstić information content (AvgIpc) is 2.77. The molecule has 18 heavy (non-hydrogen) atoms. The lowest BCUT2D eigenvalue weighted by Gasteiger charge is -2.13. The molecule has 0 saturated carbocycles. The molecule has 2 unspecified atom stereocenters. The molecule has 1 heterocycles. The maximum Gasteiger partial charge on any atom is 0.0385 e. The van der Waals surface area contributed by atoms with Gasteiger partial charge in [0.2, 0.25) is 0 Å². The number of nitrogens with one attached hydrogen (secondary N) is 1. The SMILES string of the molecule is N=CCC(N)c1cccc2c1SC1CC=CC=C21. The molecular weight excluding hydrogens is 240 g/mol. The minimum atomic E-state index is -0.0568. The number of hydrogen-bond donors (Lipinski definition) is 2. The molecule has 3 rings (SSSR count). The van der Waals surface area contributed by atoms with E-state index in [0.717, 1.165) is 6.42 Å². The Labute approximate surface area is 111 Å². The van der Waals surface area contributed by atoms with Crippen molar-refractivity contribution in [1.29, 1.82) is 5.41 Å². The molecule has 0 aromatic heterocycles. The highest BCUT2D eigenvalue weighted by molar-refractivity contribution is 8.01. The van der Waals surface area contributed by atoms with Crippen molar-refractivity contribution >= 4 is 23.5 Å². The van der Waals surface area contributed by atoms with Gasteiger partial charge in [-0.25, -0.2) is 0 Å². The Morgan fingerprint density at radius 3 is 3.22 bits per heavy atom. The minimum Gasteiger partial charge on any atom is -0.324 e. The second-order valence-corrected chi connectivity index (χ2v) is 5.88. The molecule has 3 heteroatoms. The normalized spacial score (nSPS) is 22.1. The average molecular weight is 256 g/mol. The van der Waals surface area contributed by atoms with E-state index in [-0.39, 0.29) is 6.04 Å². The van der Waals surface area contributed by atoms with Crippen molar-refractivity contribution in [3.05, 3.63) is 47.6 Å². The molecule has 2 atom stereocenters. The van der Waals surface area contributed by atoms with Crippen LogP contribution in [0.25, 0.3) is 5.57 Å². The van der Waals surface area contributed by atoms with Crippen LogP contribution >= 0.6 is 11.8 Å². The molecule has 3 N–H and O–H groups in total. The zero-order chi connectivity index (χ0) is 12.5. The Balaban J connectivity index is 2.05. The van der Waals surface area contributed by atoms with Crippen LogP contribution in [-0.2, 0) is 0 Å². The van der Waals surface area contributed by atoms with Crippen LogP contribution in [0.5, 0.6) is 0 Å². The van der Waals surface area contributed by atoms with Gasteiger partial charge < -0.3 is 11.1 Å². The lowest BCUT2D eigenvalue weighted by atomic mass is 9.94.